The number of hydrogen-bond donors (Lipinski definition) is 2. The molecule has 3 nitrogen and oxygen atoms in total. The smallest absolute Gasteiger partial charge is 0.305 e. The molecule has 2 atom stereocenters. The zero-order chi connectivity index (χ0) is 14.6. The normalized spacial score (nSPS) is 31.9. The van der Waals surface area contributed by atoms with E-state index in [1.165, 1.54) is 0 Å². The monoisotopic (exact) mass is 255 g/mol. The first-order chi connectivity index (χ1) is 7.78. The van der Waals surface area contributed by atoms with Gasteiger partial charge in [-0.3, -0.25) is 4.79 Å². The third kappa shape index (κ3) is 1.97. The predicted molar refractivity (Wildman–Crippen MR) is 74.3 cm³/mol. The Labute approximate surface area is 111 Å². The molecule has 0 saturated heterocycles. The first kappa shape index (κ1) is 15.5. The molecule has 0 radical (unpaired) electrons. The van der Waals surface area contributed by atoms with Crippen molar-refractivity contribution < 1.29 is 9.90 Å². The van der Waals surface area contributed by atoms with Gasteiger partial charge in [0.25, 0.3) is 0 Å². The zero-order valence-electron chi connectivity index (χ0n) is 12.9. The van der Waals surface area contributed by atoms with Gasteiger partial charge in [0.15, 0.2) is 0 Å². The summed E-state index contributed by atoms with van der Waals surface area (Å²) in [4.78, 5) is 11.0. The van der Waals surface area contributed by atoms with E-state index < -0.39 is 11.5 Å². The van der Waals surface area contributed by atoms with Crippen LogP contribution in [0.2, 0.25) is 0 Å². The van der Waals surface area contributed by atoms with Crippen LogP contribution in [-0.2, 0) is 4.79 Å². The predicted octanol–water partition coefficient (Wildman–Crippen LogP) is 3.28. The van der Waals surface area contributed by atoms with E-state index in [-0.39, 0.29) is 28.6 Å². The average Bonchev–Trinajstić information content (AvgIpc) is 2.08. The number of nitrogens with two attached hydrogens (primary N) is 1. The van der Waals surface area contributed by atoms with Crippen LogP contribution >= 0.6 is 0 Å². The molecule has 18 heavy (non-hydrogen) atoms. The molecular formula is C15H29NO2. The Hall–Kier alpha value is -0.570. The van der Waals surface area contributed by atoms with Gasteiger partial charge in [0, 0.05) is 5.54 Å². The fraction of sp³-hybridized carbons (Fsp3) is 0.933. The van der Waals surface area contributed by atoms with E-state index in [2.05, 4.69) is 48.5 Å². The van der Waals surface area contributed by atoms with Crippen molar-refractivity contribution in [1.29, 1.82) is 0 Å². The Morgan fingerprint density at radius 2 is 1.61 bits per heavy atom. The van der Waals surface area contributed by atoms with Gasteiger partial charge in [-0.05, 0) is 28.6 Å². The zero-order valence-corrected chi connectivity index (χ0v) is 12.9. The maximum absolute atomic E-state index is 11.0. The third-order valence-corrected chi connectivity index (χ3v) is 5.37. The Kier molecular flexibility index (Phi) is 3.41. The Bertz CT molecular complexity index is 334. The first-order valence-corrected chi connectivity index (χ1v) is 6.79. The van der Waals surface area contributed by atoms with E-state index in [4.69, 9.17) is 10.8 Å². The van der Waals surface area contributed by atoms with Crippen LogP contribution in [0.15, 0.2) is 0 Å². The van der Waals surface area contributed by atoms with Crippen LogP contribution in [0.1, 0.15) is 61.3 Å². The van der Waals surface area contributed by atoms with Crippen molar-refractivity contribution in [2.45, 2.75) is 66.8 Å². The van der Waals surface area contributed by atoms with Gasteiger partial charge in [-0.25, -0.2) is 0 Å². The molecule has 3 heteroatoms. The second-order valence-electron chi connectivity index (χ2n) is 8.17. The first-order valence-electron chi connectivity index (χ1n) is 6.79. The van der Waals surface area contributed by atoms with Crippen molar-refractivity contribution in [2.24, 2.45) is 27.9 Å². The summed E-state index contributed by atoms with van der Waals surface area (Å²) < 4.78 is 0. The summed E-state index contributed by atoms with van der Waals surface area (Å²) in [6.07, 6.45) is 0.864. The molecule has 1 saturated carbocycles. The molecule has 0 aromatic carbocycles. The standard InChI is InChI=1S/C15H29NO2/c1-10-14(16,8-11(17)18)9-15(10,12(2,3)4)13(5,6)7/h10H,8-9,16H2,1-7H3,(H,17,18). The van der Waals surface area contributed by atoms with Crippen molar-refractivity contribution in [1.82, 2.24) is 0 Å². The van der Waals surface area contributed by atoms with Crippen LogP contribution in [0.25, 0.3) is 0 Å². The van der Waals surface area contributed by atoms with Crippen LogP contribution < -0.4 is 5.73 Å². The number of carbonyl (C=O) groups is 1. The van der Waals surface area contributed by atoms with Crippen LogP contribution in [0, 0.1) is 22.2 Å². The largest absolute Gasteiger partial charge is 0.481 e. The highest BCUT2D eigenvalue weighted by Crippen LogP contribution is 2.69. The molecular weight excluding hydrogens is 226 g/mol. The molecule has 3 N–H and O–H groups in total. The van der Waals surface area contributed by atoms with E-state index in [0.717, 1.165) is 6.42 Å². The van der Waals surface area contributed by atoms with Crippen LogP contribution in [0.5, 0.6) is 0 Å². The highest BCUT2D eigenvalue weighted by molar-refractivity contribution is 5.69. The van der Waals surface area contributed by atoms with Gasteiger partial charge in [0.1, 0.15) is 0 Å². The molecule has 1 aliphatic rings. The fourth-order valence-corrected chi connectivity index (χ4v) is 4.64. The second kappa shape index (κ2) is 3.96. The number of hydrogen-bond acceptors (Lipinski definition) is 2. The minimum Gasteiger partial charge on any atom is -0.481 e. The Morgan fingerprint density at radius 1 is 1.22 bits per heavy atom. The maximum Gasteiger partial charge on any atom is 0.305 e. The molecule has 2 unspecified atom stereocenters. The molecule has 0 bridgehead atoms. The van der Waals surface area contributed by atoms with Gasteiger partial charge < -0.3 is 10.8 Å². The summed E-state index contributed by atoms with van der Waals surface area (Å²) in [5.74, 6) is -0.582. The number of carboxylic acid groups (broad SMARTS) is 1. The quantitative estimate of drug-likeness (QED) is 0.796. The van der Waals surface area contributed by atoms with Gasteiger partial charge in [-0.2, -0.15) is 0 Å². The van der Waals surface area contributed by atoms with E-state index >= 15 is 0 Å². The molecule has 106 valence electrons. The fourth-order valence-electron chi connectivity index (χ4n) is 4.64. The van der Waals surface area contributed by atoms with E-state index in [9.17, 15) is 4.79 Å². The van der Waals surface area contributed by atoms with Crippen molar-refractivity contribution >= 4 is 5.97 Å². The molecule has 0 aliphatic heterocycles. The van der Waals surface area contributed by atoms with Crippen LogP contribution in [0.3, 0.4) is 0 Å². The van der Waals surface area contributed by atoms with E-state index in [0.29, 0.717) is 0 Å². The number of aliphatic carboxylic acids is 1. The second-order valence-corrected chi connectivity index (χ2v) is 8.17. The molecule has 0 amide bonds. The molecule has 0 heterocycles. The average molecular weight is 255 g/mol. The lowest BCUT2D eigenvalue weighted by molar-refractivity contribution is -0.204. The lowest BCUT2D eigenvalue weighted by Gasteiger charge is -2.71. The number of rotatable bonds is 2. The van der Waals surface area contributed by atoms with Crippen molar-refractivity contribution in [3.05, 3.63) is 0 Å². The van der Waals surface area contributed by atoms with Crippen molar-refractivity contribution in [3.63, 3.8) is 0 Å². The number of carboxylic acids is 1. The molecule has 1 fully saturated rings. The minimum absolute atomic E-state index is 0.0715. The summed E-state index contributed by atoms with van der Waals surface area (Å²) in [6, 6.07) is 0. The van der Waals surface area contributed by atoms with Gasteiger partial charge in [0.2, 0.25) is 0 Å². The van der Waals surface area contributed by atoms with E-state index in [1.54, 1.807) is 0 Å². The molecule has 0 aromatic heterocycles. The van der Waals surface area contributed by atoms with Crippen LogP contribution in [0.4, 0.5) is 0 Å². The minimum atomic E-state index is -0.791. The Morgan fingerprint density at radius 3 is 1.83 bits per heavy atom. The van der Waals surface area contributed by atoms with Gasteiger partial charge in [-0.1, -0.05) is 48.5 Å². The van der Waals surface area contributed by atoms with Gasteiger partial charge in [0.05, 0.1) is 6.42 Å². The van der Waals surface area contributed by atoms with Gasteiger partial charge in [-0.15, -0.1) is 0 Å². The molecule has 1 aliphatic carbocycles. The molecule has 0 spiro atoms. The Balaban J connectivity index is 3.13. The lowest BCUT2D eigenvalue weighted by atomic mass is 9.35. The highest BCUT2D eigenvalue weighted by Gasteiger charge is 2.68. The SMILES string of the molecule is CC1C(N)(CC(=O)O)CC1(C(C)(C)C)C(C)(C)C. The van der Waals surface area contributed by atoms with Crippen LogP contribution in [-0.4, -0.2) is 16.6 Å². The molecule has 1 rings (SSSR count). The van der Waals surface area contributed by atoms with Gasteiger partial charge >= 0.3 is 5.97 Å². The van der Waals surface area contributed by atoms with Crippen molar-refractivity contribution in [2.75, 3.05) is 0 Å². The summed E-state index contributed by atoms with van der Waals surface area (Å²) >= 11 is 0. The lowest BCUT2D eigenvalue weighted by Crippen LogP contribution is -2.73. The van der Waals surface area contributed by atoms with E-state index in [1.807, 2.05) is 0 Å². The highest BCUT2D eigenvalue weighted by atomic mass is 16.4. The third-order valence-electron chi connectivity index (χ3n) is 5.37. The topological polar surface area (TPSA) is 63.3 Å². The van der Waals surface area contributed by atoms with Crippen molar-refractivity contribution in [3.8, 4) is 0 Å². The summed E-state index contributed by atoms with van der Waals surface area (Å²) in [5, 5.41) is 9.03. The molecule has 0 aromatic rings. The summed E-state index contributed by atoms with van der Waals surface area (Å²) in [5.41, 5.74) is 6.11. The maximum atomic E-state index is 11.0. The summed E-state index contributed by atoms with van der Waals surface area (Å²) in [6.45, 7) is 15.6. The summed E-state index contributed by atoms with van der Waals surface area (Å²) in [7, 11) is 0.